The van der Waals surface area contributed by atoms with Crippen LogP contribution in [0.4, 0.5) is 18.9 Å². The Morgan fingerprint density at radius 2 is 1.96 bits per heavy atom. The molecule has 1 aliphatic carbocycles. The maximum absolute atomic E-state index is 12.3. The van der Waals surface area contributed by atoms with E-state index in [1.54, 1.807) is 13.0 Å². The summed E-state index contributed by atoms with van der Waals surface area (Å²) < 4.78 is 41.3. The fourth-order valence-electron chi connectivity index (χ4n) is 2.71. The molecule has 0 spiro atoms. The number of halogens is 3. The molecule has 1 amide bonds. The molecule has 128 valence electrons. The lowest BCUT2D eigenvalue weighted by molar-refractivity contribution is -0.153. The lowest BCUT2D eigenvalue weighted by atomic mass is 9.82. The fourth-order valence-corrected chi connectivity index (χ4v) is 2.71. The summed E-state index contributed by atoms with van der Waals surface area (Å²) in [6.45, 7) is 0.283. The highest BCUT2D eigenvalue weighted by molar-refractivity contribution is 5.98. The number of rotatable bonds is 4. The van der Waals surface area contributed by atoms with Crippen LogP contribution in [0.5, 0.6) is 5.75 Å². The molecule has 0 heterocycles. The Morgan fingerprint density at radius 3 is 2.52 bits per heavy atom. The van der Waals surface area contributed by atoms with Crippen molar-refractivity contribution in [3.63, 3.8) is 0 Å². The molecule has 3 N–H and O–H groups in total. The zero-order valence-corrected chi connectivity index (χ0v) is 13.0. The van der Waals surface area contributed by atoms with E-state index in [4.69, 9.17) is 10.5 Å². The van der Waals surface area contributed by atoms with E-state index in [-0.39, 0.29) is 11.7 Å². The number of alkyl halides is 3. The summed E-state index contributed by atoms with van der Waals surface area (Å²) in [7, 11) is 0. The van der Waals surface area contributed by atoms with Gasteiger partial charge in [0.1, 0.15) is 5.75 Å². The van der Waals surface area contributed by atoms with Crippen LogP contribution in [-0.4, -0.2) is 24.2 Å². The fraction of sp³-hybridized carbons (Fsp3) is 0.562. The quantitative estimate of drug-likeness (QED) is 0.887. The summed E-state index contributed by atoms with van der Waals surface area (Å²) in [5, 5.41) is 2.75. The van der Waals surface area contributed by atoms with Crippen LogP contribution in [0.1, 0.15) is 37.7 Å². The lowest BCUT2D eigenvalue weighted by Crippen LogP contribution is -2.52. The molecule has 1 aromatic carbocycles. The average molecular weight is 330 g/mol. The van der Waals surface area contributed by atoms with Crippen LogP contribution in [0, 0.1) is 6.92 Å². The molecule has 0 bridgehead atoms. The molecule has 1 fully saturated rings. The minimum Gasteiger partial charge on any atom is -0.484 e. The maximum atomic E-state index is 12.3. The third-order valence-electron chi connectivity index (χ3n) is 4.02. The van der Waals surface area contributed by atoms with Gasteiger partial charge in [0.2, 0.25) is 5.91 Å². The number of hydrogen-bond donors (Lipinski definition) is 2. The van der Waals surface area contributed by atoms with Gasteiger partial charge in [-0.25, -0.2) is 0 Å². The molecular formula is C16H21F3N2O2. The number of carbonyl (C=O) groups excluding carboxylic acids is 1. The predicted octanol–water partition coefficient (Wildman–Crippen LogP) is 3.54. The average Bonchev–Trinajstić information content (AvgIpc) is 2.46. The van der Waals surface area contributed by atoms with Gasteiger partial charge in [-0.3, -0.25) is 4.79 Å². The number of amides is 1. The van der Waals surface area contributed by atoms with Crippen LogP contribution in [0.15, 0.2) is 18.2 Å². The Hall–Kier alpha value is -1.76. The van der Waals surface area contributed by atoms with Crippen LogP contribution >= 0.6 is 0 Å². The Kier molecular flexibility index (Phi) is 5.19. The van der Waals surface area contributed by atoms with Crippen molar-refractivity contribution in [2.24, 2.45) is 5.73 Å². The highest BCUT2D eigenvalue weighted by Crippen LogP contribution is 2.29. The minimum absolute atomic E-state index is 0.139. The first kappa shape index (κ1) is 17.6. The third-order valence-corrected chi connectivity index (χ3v) is 4.02. The highest BCUT2D eigenvalue weighted by atomic mass is 19.4. The van der Waals surface area contributed by atoms with Crippen molar-refractivity contribution >= 4 is 11.6 Å². The van der Waals surface area contributed by atoms with Crippen molar-refractivity contribution < 1.29 is 22.7 Å². The van der Waals surface area contributed by atoms with Gasteiger partial charge in [0, 0.05) is 5.69 Å². The topological polar surface area (TPSA) is 64.4 Å². The number of nitrogens with one attached hydrogen (secondary N) is 1. The van der Waals surface area contributed by atoms with Crippen LogP contribution in [-0.2, 0) is 4.79 Å². The molecule has 23 heavy (non-hydrogen) atoms. The molecule has 0 atom stereocenters. The number of benzene rings is 1. The number of nitrogens with two attached hydrogens (primary N) is 1. The second-order valence-corrected chi connectivity index (χ2v) is 6.06. The van der Waals surface area contributed by atoms with Gasteiger partial charge in [0.15, 0.2) is 6.61 Å². The van der Waals surface area contributed by atoms with Crippen LogP contribution in [0.2, 0.25) is 0 Å². The SMILES string of the molecule is Cc1cc(NC(=O)C2(N)CCCCC2)ccc1OCC(F)(F)F. The number of ether oxygens (including phenoxy) is 1. The van der Waals surface area contributed by atoms with Crippen molar-refractivity contribution in [2.75, 3.05) is 11.9 Å². The van der Waals surface area contributed by atoms with Gasteiger partial charge < -0.3 is 15.8 Å². The third kappa shape index (κ3) is 4.86. The molecule has 0 saturated heterocycles. The smallest absolute Gasteiger partial charge is 0.422 e. The molecule has 1 aromatic rings. The molecule has 1 saturated carbocycles. The lowest BCUT2D eigenvalue weighted by Gasteiger charge is -2.31. The van der Waals surface area contributed by atoms with Crippen molar-refractivity contribution in [1.82, 2.24) is 0 Å². The molecule has 0 aliphatic heterocycles. The van der Waals surface area contributed by atoms with Crippen LogP contribution < -0.4 is 15.8 Å². The Balaban J connectivity index is 2.01. The van der Waals surface area contributed by atoms with Crippen LogP contribution in [0.3, 0.4) is 0 Å². The van der Waals surface area contributed by atoms with Gasteiger partial charge in [0.25, 0.3) is 0 Å². The molecule has 0 unspecified atom stereocenters. The number of anilines is 1. The summed E-state index contributed by atoms with van der Waals surface area (Å²) >= 11 is 0. The van der Waals surface area contributed by atoms with Crippen molar-refractivity contribution in [3.05, 3.63) is 23.8 Å². The first-order valence-corrected chi connectivity index (χ1v) is 7.60. The summed E-state index contributed by atoms with van der Waals surface area (Å²) in [5.74, 6) is -0.110. The molecule has 0 radical (unpaired) electrons. The van der Waals surface area contributed by atoms with Crippen molar-refractivity contribution in [2.45, 2.75) is 50.7 Å². The second-order valence-electron chi connectivity index (χ2n) is 6.06. The van der Waals surface area contributed by atoms with Crippen molar-refractivity contribution in [3.8, 4) is 5.75 Å². The normalized spacial score (nSPS) is 17.6. The highest BCUT2D eigenvalue weighted by Gasteiger charge is 2.35. The van der Waals surface area contributed by atoms with Gasteiger partial charge in [-0.15, -0.1) is 0 Å². The van der Waals surface area contributed by atoms with E-state index >= 15 is 0 Å². The first-order valence-electron chi connectivity index (χ1n) is 7.60. The number of hydrogen-bond acceptors (Lipinski definition) is 3. The van der Waals surface area contributed by atoms with Crippen molar-refractivity contribution in [1.29, 1.82) is 0 Å². The Bertz CT molecular complexity index is 567. The van der Waals surface area contributed by atoms with E-state index in [2.05, 4.69) is 5.32 Å². The number of carbonyl (C=O) groups is 1. The molecule has 1 aliphatic rings. The predicted molar refractivity (Wildman–Crippen MR) is 81.4 cm³/mol. The van der Waals surface area contributed by atoms with E-state index in [0.29, 0.717) is 24.1 Å². The van der Waals surface area contributed by atoms with Crippen LogP contribution in [0.25, 0.3) is 0 Å². The van der Waals surface area contributed by atoms with E-state index < -0.39 is 18.3 Å². The standard InChI is InChI=1S/C16H21F3N2O2/c1-11-9-12(5-6-13(11)23-10-16(17,18)19)21-14(22)15(20)7-3-2-4-8-15/h5-6,9H,2-4,7-8,10,20H2,1H3,(H,21,22). The van der Waals surface area contributed by atoms with E-state index in [1.807, 2.05) is 0 Å². The number of aryl methyl sites for hydroxylation is 1. The van der Waals surface area contributed by atoms with Gasteiger partial charge in [0.05, 0.1) is 5.54 Å². The molecular weight excluding hydrogens is 309 g/mol. The monoisotopic (exact) mass is 330 g/mol. The Labute approximate surface area is 133 Å². The van der Waals surface area contributed by atoms with Gasteiger partial charge >= 0.3 is 6.18 Å². The van der Waals surface area contributed by atoms with E-state index in [0.717, 1.165) is 19.3 Å². The molecule has 0 aromatic heterocycles. The molecule has 7 heteroatoms. The molecule has 4 nitrogen and oxygen atoms in total. The summed E-state index contributed by atoms with van der Waals surface area (Å²) in [5.41, 5.74) is 6.31. The van der Waals surface area contributed by atoms with Gasteiger partial charge in [-0.05, 0) is 43.5 Å². The molecule has 2 rings (SSSR count). The maximum Gasteiger partial charge on any atom is 0.422 e. The van der Waals surface area contributed by atoms with E-state index in [1.165, 1.54) is 12.1 Å². The summed E-state index contributed by atoms with van der Waals surface area (Å²) in [6, 6.07) is 4.51. The minimum atomic E-state index is -4.38. The Morgan fingerprint density at radius 1 is 1.30 bits per heavy atom. The zero-order chi connectivity index (χ0) is 17.1. The summed E-state index contributed by atoms with van der Waals surface area (Å²) in [4.78, 5) is 12.3. The zero-order valence-electron chi connectivity index (χ0n) is 13.0. The summed E-state index contributed by atoms with van der Waals surface area (Å²) in [6.07, 6.45) is -0.168. The first-order chi connectivity index (χ1) is 10.7. The largest absolute Gasteiger partial charge is 0.484 e. The van der Waals surface area contributed by atoms with Gasteiger partial charge in [-0.2, -0.15) is 13.2 Å². The van der Waals surface area contributed by atoms with Gasteiger partial charge in [-0.1, -0.05) is 19.3 Å². The second kappa shape index (κ2) is 6.78. The van der Waals surface area contributed by atoms with E-state index in [9.17, 15) is 18.0 Å².